The molecule has 0 bridgehead atoms. The molecule has 0 aliphatic heterocycles. The van der Waals surface area contributed by atoms with Gasteiger partial charge in [0, 0.05) is 18.0 Å². The fraction of sp³-hybridized carbons (Fsp3) is 0.458. The second kappa shape index (κ2) is 10.3. The highest BCUT2D eigenvalue weighted by molar-refractivity contribution is 7.91. The van der Waals surface area contributed by atoms with Gasteiger partial charge in [-0.25, -0.2) is 21.6 Å². The van der Waals surface area contributed by atoms with Crippen LogP contribution >= 0.6 is 0 Å². The zero-order chi connectivity index (χ0) is 23.4. The first-order valence-corrected chi connectivity index (χ1v) is 14.2. The Balaban J connectivity index is 1.68. The van der Waals surface area contributed by atoms with Gasteiger partial charge in [0.05, 0.1) is 15.9 Å². The maximum absolute atomic E-state index is 12.8. The van der Waals surface area contributed by atoms with Gasteiger partial charge < -0.3 is 0 Å². The second-order valence-corrected chi connectivity index (χ2v) is 13.0. The number of Topliss-reactive ketones (excluding diaryl/α,β-unsaturated/α-hetero) is 1. The fourth-order valence-electron chi connectivity index (χ4n) is 3.80. The predicted octanol–water partition coefficient (Wildman–Crippen LogP) is 4.05. The summed E-state index contributed by atoms with van der Waals surface area (Å²) in [6.07, 6.45) is 4.98. The monoisotopic (exact) mass is 477 g/mol. The summed E-state index contributed by atoms with van der Waals surface area (Å²) >= 11 is 0. The Hall–Kier alpha value is -2.03. The highest BCUT2D eigenvalue weighted by Crippen LogP contribution is 2.21. The molecule has 0 spiro atoms. The lowest BCUT2D eigenvalue weighted by molar-refractivity contribution is 0.0993. The van der Waals surface area contributed by atoms with Crippen molar-refractivity contribution in [2.24, 2.45) is 0 Å². The van der Waals surface area contributed by atoms with Crippen LogP contribution in [0.4, 0.5) is 0 Å². The molecule has 0 amide bonds. The van der Waals surface area contributed by atoms with Crippen LogP contribution in [0.3, 0.4) is 0 Å². The van der Waals surface area contributed by atoms with E-state index in [1.54, 1.807) is 62.4 Å². The number of carbonyl (C=O) groups excluding carboxylic acids is 1. The van der Waals surface area contributed by atoms with Crippen LogP contribution in [0.15, 0.2) is 53.4 Å². The lowest BCUT2D eigenvalue weighted by Crippen LogP contribution is -2.36. The van der Waals surface area contributed by atoms with Gasteiger partial charge in [-0.3, -0.25) is 4.79 Å². The molecule has 0 unspecified atom stereocenters. The van der Waals surface area contributed by atoms with Crippen molar-refractivity contribution >= 4 is 25.6 Å². The molecule has 2 aromatic rings. The molecule has 1 fully saturated rings. The Morgan fingerprint density at radius 2 is 1.59 bits per heavy atom. The Labute approximate surface area is 191 Å². The Kier molecular flexibility index (Phi) is 7.90. The van der Waals surface area contributed by atoms with Crippen LogP contribution in [0.25, 0.3) is 0 Å². The summed E-state index contributed by atoms with van der Waals surface area (Å²) < 4.78 is 52.5. The highest BCUT2D eigenvalue weighted by Gasteiger charge is 2.22. The number of sulfone groups is 1. The average Bonchev–Trinajstić information content (AvgIpc) is 2.74. The summed E-state index contributed by atoms with van der Waals surface area (Å²) in [5.41, 5.74) is 1.72. The molecular formula is C24H31NO5S2. The third kappa shape index (κ3) is 6.49. The molecule has 8 heteroatoms. The van der Waals surface area contributed by atoms with Crippen LogP contribution in [-0.4, -0.2) is 33.9 Å². The maximum Gasteiger partial charge on any atom is 0.240 e. The van der Waals surface area contributed by atoms with Gasteiger partial charge in [0.2, 0.25) is 10.0 Å². The molecule has 0 atom stereocenters. The molecule has 0 saturated heterocycles. The lowest BCUT2D eigenvalue weighted by Gasteiger charge is -2.22. The molecular weight excluding hydrogens is 446 g/mol. The van der Waals surface area contributed by atoms with Crippen LogP contribution in [-0.2, 0) is 32.0 Å². The van der Waals surface area contributed by atoms with E-state index in [0.717, 1.165) is 32.1 Å². The number of benzene rings is 2. The summed E-state index contributed by atoms with van der Waals surface area (Å²) in [7, 11) is -6.84. The van der Waals surface area contributed by atoms with E-state index >= 15 is 0 Å². The molecule has 1 saturated carbocycles. The van der Waals surface area contributed by atoms with E-state index in [1.807, 2.05) is 0 Å². The van der Waals surface area contributed by atoms with Crippen molar-refractivity contribution in [2.45, 2.75) is 74.3 Å². The lowest BCUT2D eigenvalue weighted by atomic mass is 9.96. The number of ketones is 1. The van der Waals surface area contributed by atoms with E-state index in [4.69, 9.17) is 0 Å². The van der Waals surface area contributed by atoms with Gasteiger partial charge in [-0.15, -0.1) is 0 Å². The molecule has 2 aromatic carbocycles. The van der Waals surface area contributed by atoms with Crippen LogP contribution in [0, 0.1) is 0 Å². The average molecular weight is 478 g/mol. The first-order chi connectivity index (χ1) is 15.1. The molecule has 3 rings (SSSR count). The molecule has 1 aliphatic carbocycles. The van der Waals surface area contributed by atoms with Gasteiger partial charge >= 0.3 is 0 Å². The van der Waals surface area contributed by atoms with E-state index in [-0.39, 0.29) is 28.9 Å². The van der Waals surface area contributed by atoms with Gasteiger partial charge in [-0.2, -0.15) is 0 Å². The summed E-state index contributed by atoms with van der Waals surface area (Å²) in [5, 5.41) is -0.458. The van der Waals surface area contributed by atoms with Gasteiger partial charge in [0.25, 0.3) is 0 Å². The topological polar surface area (TPSA) is 97.4 Å². The fourth-order valence-corrected chi connectivity index (χ4v) is 6.17. The van der Waals surface area contributed by atoms with Crippen molar-refractivity contribution in [1.82, 2.24) is 4.72 Å². The minimum absolute atomic E-state index is 0.0305. The highest BCUT2D eigenvalue weighted by atomic mass is 32.2. The molecule has 1 aliphatic rings. The smallest absolute Gasteiger partial charge is 0.240 e. The van der Waals surface area contributed by atoms with Crippen LogP contribution in [0.2, 0.25) is 0 Å². The van der Waals surface area contributed by atoms with E-state index < -0.39 is 25.1 Å². The minimum Gasteiger partial charge on any atom is -0.294 e. The normalized spacial score (nSPS) is 15.7. The molecule has 0 aromatic heterocycles. The SMILES string of the molecule is CC(C)S(=O)(=O)Cc1ccc(C(=O)Cc2cccc(S(=O)(=O)NC3CCCCC3)c2)cc1. The standard InChI is InChI=1S/C24H31NO5S2/c1-18(2)31(27,28)17-19-11-13-21(14-12-19)24(26)16-20-7-6-10-23(15-20)32(29,30)25-22-8-4-3-5-9-22/h6-7,10-15,18,22,25H,3-5,8-9,16-17H2,1-2H3. The number of hydrogen-bond acceptors (Lipinski definition) is 5. The molecule has 32 heavy (non-hydrogen) atoms. The molecule has 174 valence electrons. The number of carbonyl (C=O) groups is 1. The van der Waals surface area contributed by atoms with Crippen molar-refractivity contribution in [1.29, 1.82) is 0 Å². The number of sulfonamides is 1. The largest absolute Gasteiger partial charge is 0.294 e. The van der Waals surface area contributed by atoms with Gasteiger partial charge in [-0.1, -0.05) is 55.7 Å². The van der Waals surface area contributed by atoms with Crippen LogP contribution < -0.4 is 4.72 Å². The zero-order valence-corrected chi connectivity index (χ0v) is 20.2. The van der Waals surface area contributed by atoms with E-state index in [9.17, 15) is 21.6 Å². The third-order valence-corrected chi connectivity index (χ3v) is 9.55. The van der Waals surface area contributed by atoms with Crippen molar-refractivity contribution in [3.05, 3.63) is 65.2 Å². The zero-order valence-electron chi connectivity index (χ0n) is 18.6. The van der Waals surface area contributed by atoms with Crippen molar-refractivity contribution in [3.63, 3.8) is 0 Å². The summed E-state index contributed by atoms with van der Waals surface area (Å²) in [4.78, 5) is 12.9. The maximum atomic E-state index is 12.8. The minimum atomic E-state index is -3.63. The van der Waals surface area contributed by atoms with Crippen molar-refractivity contribution in [2.75, 3.05) is 0 Å². The third-order valence-electron chi connectivity index (χ3n) is 5.86. The summed E-state index contributed by atoms with van der Waals surface area (Å²) in [6, 6.07) is 13.0. The van der Waals surface area contributed by atoms with Crippen LogP contribution in [0.1, 0.15) is 67.4 Å². The van der Waals surface area contributed by atoms with Crippen molar-refractivity contribution < 1.29 is 21.6 Å². The first kappa shape index (κ1) is 24.6. The predicted molar refractivity (Wildman–Crippen MR) is 126 cm³/mol. The number of hydrogen-bond donors (Lipinski definition) is 1. The molecule has 1 N–H and O–H groups in total. The Morgan fingerprint density at radius 1 is 0.938 bits per heavy atom. The van der Waals surface area contributed by atoms with E-state index in [0.29, 0.717) is 16.7 Å². The Bertz CT molecular complexity index is 1150. The number of nitrogens with one attached hydrogen (secondary N) is 1. The van der Waals surface area contributed by atoms with Gasteiger partial charge in [0.1, 0.15) is 0 Å². The van der Waals surface area contributed by atoms with E-state index in [2.05, 4.69) is 4.72 Å². The first-order valence-electron chi connectivity index (χ1n) is 11.0. The number of rotatable bonds is 9. The summed E-state index contributed by atoms with van der Waals surface area (Å²) in [5.74, 6) is -0.217. The molecule has 0 heterocycles. The quantitative estimate of drug-likeness (QED) is 0.550. The van der Waals surface area contributed by atoms with Gasteiger partial charge in [0.15, 0.2) is 15.6 Å². The second-order valence-electron chi connectivity index (χ2n) is 8.76. The summed E-state index contributed by atoms with van der Waals surface area (Å²) in [6.45, 7) is 3.29. The van der Waals surface area contributed by atoms with Crippen molar-refractivity contribution in [3.8, 4) is 0 Å². The molecule has 6 nitrogen and oxygen atoms in total. The Morgan fingerprint density at radius 3 is 2.22 bits per heavy atom. The van der Waals surface area contributed by atoms with Crippen LogP contribution in [0.5, 0.6) is 0 Å². The van der Waals surface area contributed by atoms with Gasteiger partial charge in [-0.05, 0) is 49.9 Å². The van der Waals surface area contributed by atoms with E-state index in [1.165, 1.54) is 0 Å². The molecule has 0 radical (unpaired) electrons.